The lowest BCUT2D eigenvalue weighted by molar-refractivity contribution is 0.387. The standard InChI is InChI=1S/C16H20N6O2S/c1-12-17-14(24-20-12)11-25-16-19-18-15(21-7-3-2-4-8-21)22(16)10-13-6-5-9-23-13/h5-6,9H,2-4,7-8,10-11H2,1H3. The molecule has 0 unspecified atom stereocenters. The van der Waals surface area contributed by atoms with E-state index in [1.165, 1.54) is 19.3 Å². The van der Waals surface area contributed by atoms with E-state index in [0.717, 1.165) is 30.0 Å². The molecule has 25 heavy (non-hydrogen) atoms. The molecule has 0 aliphatic carbocycles. The zero-order valence-corrected chi connectivity index (χ0v) is 14.9. The van der Waals surface area contributed by atoms with Crippen molar-refractivity contribution in [3.05, 3.63) is 35.9 Å². The molecule has 9 heteroatoms. The second-order valence-electron chi connectivity index (χ2n) is 6.02. The molecule has 0 bridgehead atoms. The van der Waals surface area contributed by atoms with Gasteiger partial charge in [-0.1, -0.05) is 16.9 Å². The van der Waals surface area contributed by atoms with Gasteiger partial charge in [0.25, 0.3) is 0 Å². The highest BCUT2D eigenvalue weighted by Crippen LogP contribution is 2.27. The third-order valence-corrected chi connectivity index (χ3v) is 5.08. The van der Waals surface area contributed by atoms with Crippen LogP contribution in [0.1, 0.15) is 36.7 Å². The fourth-order valence-corrected chi connectivity index (χ4v) is 3.71. The molecule has 0 spiro atoms. The molecule has 1 aliphatic rings. The first-order chi connectivity index (χ1) is 12.3. The third kappa shape index (κ3) is 3.71. The summed E-state index contributed by atoms with van der Waals surface area (Å²) in [5.41, 5.74) is 0. The number of rotatable bonds is 6. The Hall–Kier alpha value is -2.29. The molecule has 1 aliphatic heterocycles. The van der Waals surface area contributed by atoms with Crippen LogP contribution >= 0.6 is 11.8 Å². The van der Waals surface area contributed by atoms with Crippen LogP contribution in [0.15, 0.2) is 32.5 Å². The van der Waals surface area contributed by atoms with Gasteiger partial charge in [0.2, 0.25) is 11.8 Å². The average molecular weight is 360 g/mol. The summed E-state index contributed by atoms with van der Waals surface area (Å²) in [6.07, 6.45) is 5.35. The molecule has 0 radical (unpaired) electrons. The summed E-state index contributed by atoms with van der Waals surface area (Å²) in [4.78, 5) is 6.55. The predicted octanol–water partition coefficient (Wildman–Crippen LogP) is 2.89. The van der Waals surface area contributed by atoms with Crippen molar-refractivity contribution in [1.82, 2.24) is 24.9 Å². The van der Waals surface area contributed by atoms with Gasteiger partial charge in [-0.2, -0.15) is 4.98 Å². The first-order valence-electron chi connectivity index (χ1n) is 8.42. The second-order valence-corrected chi connectivity index (χ2v) is 6.96. The number of hydrogen-bond donors (Lipinski definition) is 0. The van der Waals surface area contributed by atoms with E-state index in [0.29, 0.717) is 24.0 Å². The Balaban J connectivity index is 1.57. The molecule has 3 aromatic heterocycles. The summed E-state index contributed by atoms with van der Waals surface area (Å²) in [7, 11) is 0. The second kappa shape index (κ2) is 7.30. The summed E-state index contributed by atoms with van der Waals surface area (Å²) < 4.78 is 12.8. The highest BCUT2D eigenvalue weighted by molar-refractivity contribution is 7.98. The maximum absolute atomic E-state index is 5.53. The topological polar surface area (TPSA) is 86.0 Å². The van der Waals surface area contributed by atoms with E-state index in [2.05, 4.69) is 29.8 Å². The molecule has 0 aromatic carbocycles. The summed E-state index contributed by atoms with van der Waals surface area (Å²) in [5, 5.41) is 13.5. The van der Waals surface area contributed by atoms with Crippen molar-refractivity contribution < 1.29 is 8.94 Å². The molecule has 4 heterocycles. The Kier molecular flexibility index (Phi) is 4.73. The van der Waals surface area contributed by atoms with Crippen molar-refractivity contribution in [3.8, 4) is 0 Å². The van der Waals surface area contributed by atoms with Crippen LogP contribution in [0.2, 0.25) is 0 Å². The number of aromatic nitrogens is 5. The van der Waals surface area contributed by atoms with Gasteiger partial charge in [0.05, 0.1) is 18.6 Å². The SMILES string of the molecule is Cc1noc(CSc2nnc(N3CCCCC3)n2Cc2ccco2)n1. The smallest absolute Gasteiger partial charge is 0.237 e. The first-order valence-corrected chi connectivity index (χ1v) is 9.40. The summed E-state index contributed by atoms with van der Waals surface area (Å²) in [6.45, 7) is 4.45. The fourth-order valence-electron chi connectivity index (χ4n) is 2.94. The maximum atomic E-state index is 5.53. The molecule has 4 rings (SSSR count). The minimum Gasteiger partial charge on any atom is -0.467 e. The number of nitrogens with zero attached hydrogens (tertiary/aromatic N) is 6. The van der Waals surface area contributed by atoms with Gasteiger partial charge in [-0.3, -0.25) is 4.57 Å². The number of hydrogen-bond acceptors (Lipinski definition) is 8. The van der Waals surface area contributed by atoms with Crippen molar-refractivity contribution in [1.29, 1.82) is 0 Å². The van der Waals surface area contributed by atoms with Crippen LogP contribution in [-0.4, -0.2) is 38.0 Å². The zero-order valence-electron chi connectivity index (χ0n) is 14.1. The lowest BCUT2D eigenvalue weighted by Crippen LogP contribution is -2.32. The molecule has 0 atom stereocenters. The molecule has 1 fully saturated rings. The van der Waals surface area contributed by atoms with Gasteiger partial charge in [0.1, 0.15) is 5.76 Å². The number of furan rings is 1. The number of thioether (sulfide) groups is 1. The normalized spacial score (nSPS) is 15.0. The molecular weight excluding hydrogens is 340 g/mol. The summed E-state index contributed by atoms with van der Waals surface area (Å²) >= 11 is 1.54. The van der Waals surface area contributed by atoms with Crippen LogP contribution in [0.3, 0.4) is 0 Å². The van der Waals surface area contributed by atoms with E-state index in [9.17, 15) is 0 Å². The maximum Gasteiger partial charge on any atom is 0.237 e. The van der Waals surface area contributed by atoms with Crippen LogP contribution in [0.4, 0.5) is 5.95 Å². The lowest BCUT2D eigenvalue weighted by Gasteiger charge is -2.27. The van der Waals surface area contributed by atoms with Crippen molar-refractivity contribution in [2.75, 3.05) is 18.0 Å². The molecule has 0 amide bonds. The van der Waals surface area contributed by atoms with Crippen molar-refractivity contribution >= 4 is 17.7 Å². The van der Waals surface area contributed by atoms with Gasteiger partial charge in [-0.15, -0.1) is 10.2 Å². The Morgan fingerprint density at radius 1 is 1.20 bits per heavy atom. The average Bonchev–Trinajstić information content (AvgIpc) is 3.36. The Labute approximate surface area is 149 Å². The van der Waals surface area contributed by atoms with Gasteiger partial charge >= 0.3 is 0 Å². The number of aryl methyl sites for hydroxylation is 1. The quantitative estimate of drug-likeness (QED) is 0.620. The van der Waals surface area contributed by atoms with Crippen LogP contribution < -0.4 is 4.90 Å². The van der Waals surface area contributed by atoms with Gasteiger partial charge in [0.15, 0.2) is 11.0 Å². The van der Waals surface area contributed by atoms with E-state index in [1.807, 2.05) is 19.1 Å². The van der Waals surface area contributed by atoms with E-state index in [1.54, 1.807) is 18.0 Å². The van der Waals surface area contributed by atoms with E-state index >= 15 is 0 Å². The van der Waals surface area contributed by atoms with Crippen molar-refractivity contribution in [2.45, 2.75) is 43.6 Å². The van der Waals surface area contributed by atoms with Gasteiger partial charge in [-0.25, -0.2) is 0 Å². The molecule has 132 valence electrons. The lowest BCUT2D eigenvalue weighted by atomic mass is 10.1. The predicted molar refractivity (Wildman–Crippen MR) is 92.5 cm³/mol. The van der Waals surface area contributed by atoms with Crippen LogP contribution in [-0.2, 0) is 12.3 Å². The Morgan fingerprint density at radius 2 is 2.08 bits per heavy atom. The zero-order chi connectivity index (χ0) is 17.1. The largest absolute Gasteiger partial charge is 0.467 e. The third-order valence-electron chi connectivity index (χ3n) is 4.12. The molecule has 0 saturated carbocycles. The van der Waals surface area contributed by atoms with E-state index < -0.39 is 0 Å². The van der Waals surface area contributed by atoms with Crippen LogP contribution in [0, 0.1) is 6.92 Å². The summed E-state index contributed by atoms with van der Waals surface area (Å²) in [5.74, 6) is 3.59. The van der Waals surface area contributed by atoms with Crippen LogP contribution in [0.25, 0.3) is 0 Å². The highest BCUT2D eigenvalue weighted by Gasteiger charge is 2.21. The van der Waals surface area contributed by atoms with Crippen molar-refractivity contribution in [2.24, 2.45) is 0 Å². The van der Waals surface area contributed by atoms with Crippen molar-refractivity contribution in [3.63, 3.8) is 0 Å². The van der Waals surface area contributed by atoms with E-state index in [4.69, 9.17) is 8.94 Å². The van der Waals surface area contributed by atoms with Gasteiger partial charge in [0, 0.05) is 13.1 Å². The Bertz CT molecular complexity index is 807. The molecule has 3 aromatic rings. The number of piperidine rings is 1. The van der Waals surface area contributed by atoms with E-state index in [-0.39, 0.29) is 0 Å². The molecule has 0 N–H and O–H groups in total. The Morgan fingerprint density at radius 3 is 2.80 bits per heavy atom. The highest BCUT2D eigenvalue weighted by atomic mass is 32.2. The monoisotopic (exact) mass is 360 g/mol. The fraction of sp³-hybridized carbons (Fsp3) is 0.500. The van der Waals surface area contributed by atoms with Gasteiger partial charge < -0.3 is 13.8 Å². The molecular formula is C16H20N6O2S. The van der Waals surface area contributed by atoms with Crippen LogP contribution in [0.5, 0.6) is 0 Å². The minimum absolute atomic E-state index is 0.567. The first kappa shape index (κ1) is 16.2. The minimum atomic E-state index is 0.567. The molecule has 8 nitrogen and oxygen atoms in total. The molecule has 1 saturated heterocycles. The van der Waals surface area contributed by atoms with Gasteiger partial charge in [-0.05, 0) is 38.3 Å². The number of anilines is 1. The summed E-state index contributed by atoms with van der Waals surface area (Å²) in [6, 6.07) is 3.87.